The summed E-state index contributed by atoms with van der Waals surface area (Å²) in [4.78, 5) is 19.2. The number of nitrogens with zero attached hydrogens (tertiary/aromatic N) is 4. The fourth-order valence-electron chi connectivity index (χ4n) is 3.21. The minimum absolute atomic E-state index is 0.0606. The van der Waals surface area contributed by atoms with Crippen molar-refractivity contribution in [3.8, 4) is 0 Å². The average Bonchev–Trinajstić information content (AvgIpc) is 2.95. The first-order valence-electron chi connectivity index (χ1n) is 8.50. The van der Waals surface area contributed by atoms with Crippen LogP contribution in [0, 0.1) is 12.8 Å². The van der Waals surface area contributed by atoms with Crippen molar-refractivity contribution in [2.24, 2.45) is 5.92 Å². The van der Waals surface area contributed by atoms with E-state index in [1.165, 1.54) is 0 Å². The lowest BCUT2D eigenvalue weighted by atomic mass is 9.97. The predicted octanol–water partition coefficient (Wildman–Crippen LogP) is 1.92. The maximum Gasteiger partial charge on any atom is 0.242 e. The van der Waals surface area contributed by atoms with Gasteiger partial charge in [0.2, 0.25) is 5.91 Å². The van der Waals surface area contributed by atoms with E-state index in [1.54, 1.807) is 6.33 Å². The lowest BCUT2D eigenvalue weighted by Crippen LogP contribution is -2.50. The Hall–Kier alpha value is -2.21. The van der Waals surface area contributed by atoms with E-state index in [2.05, 4.69) is 47.1 Å². The molecule has 0 unspecified atom stereocenters. The van der Waals surface area contributed by atoms with E-state index in [9.17, 15) is 4.79 Å². The molecule has 1 aliphatic heterocycles. The van der Waals surface area contributed by atoms with Crippen molar-refractivity contribution in [3.05, 3.63) is 47.5 Å². The Morgan fingerprint density at radius 3 is 2.88 bits per heavy atom. The first-order valence-corrected chi connectivity index (χ1v) is 8.50. The zero-order chi connectivity index (χ0) is 17.1. The molecule has 0 saturated carbocycles. The molecule has 0 bridgehead atoms. The Morgan fingerprint density at radius 1 is 1.33 bits per heavy atom. The number of rotatable bonds is 5. The van der Waals surface area contributed by atoms with Gasteiger partial charge in [0.05, 0.1) is 6.54 Å². The minimum Gasteiger partial charge on any atom is -0.353 e. The van der Waals surface area contributed by atoms with Gasteiger partial charge in [-0.15, -0.1) is 0 Å². The van der Waals surface area contributed by atoms with Gasteiger partial charge in [0.1, 0.15) is 18.2 Å². The quantitative estimate of drug-likeness (QED) is 0.911. The van der Waals surface area contributed by atoms with Crippen molar-refractivity contribution in [2.45, 2.75) is 39.9 Å². The Morgan fingerprint density at radius 2 is 2.12 bits per heavy atom. The first-order chi connectivity index (χ1) is 11.6. The molecule has 2 heterocycles. The highest BCUT2D eigenvalue weighted by Gasteiger charge is 2.32. The summed E-state index contributed by atoms with van der Waals surface area (Å²) >= 11 is 0. The van der Waals surface area contributed by atoms with Gasteiger partial charge < -0.3 is 5.32 Å². The average molecular weight is 327 g/mol. The summed E-state index contributed by atoms with van der Waals surface area (Å²) in [5, 5.41) is 7.33. The summed E-state index contributed by atoms with van der Waals surface area (Å²) in [6.45, 7) is 9.31. The third-order valence-electron chi connectivity index (χ3n) is 4.37. The van der Waals surface area contributed by atoms with Gasteiger partial charge in [0, 0.05) is 19.6 Å². The van der Waals surface area contributed by atoms with Crippen LogP contribution in [-0.4, -0.2) is 38.7 Å². The molecule has 0 radical (unpaired) electrons. The monoisotopic (exact) mass is 327 g/mol. The maximum atomic E-state index is 12.6. The van der Waals surface area contributed by atoms with E-state index >= 15 is 0 Å². The number of aromatic nitrogens is 3. The molecule has 1 N–H and O–H groups in total. The Labute approximate surface area is 142 Å². The van der Waals surface area contributed by atoms with Crippen molar-refractivity contribution in [1.82, 2.24) is 25.0 Å². The summed E-state index contributed by atoms with van der Waals surface area (Å²) in [5.41, 5.74) is 2.19. The van der Waals surface area contributed by atoms with Gasteiger partial charge in [-0.25, -0.2) is 9.67 Å². The van der Waals surface area contributed by atoms with Crippen molar-refractivity contribution < 1.29 is 4.79 Å². The predicted molar refractivity (Wildman–Crippen MR) is 92.2 cm³/mol. The van der Waals surface area contributed by atoms with Gasteiger partial charge in [-0.1, -0.05) is 38.1 Å². The Kier molecular flexibility index (Phi) is 4.94. The molecular weight excluding hydrogens is 302 g/mol. The molecule has 6 heteroatoms. The first kappa shape index (κ1) is 16.6. The highest BCUT2D eigenvalue weighted by atomic mass is 16.2. The molecule has 6 nitrogen and oxygen atoms in total. The summed E-state index contributed by atoms with van der Waals surface area (Å²) < 4.78 is 1.95. The second-order valence-electron chi connectivity index (χ2n) is 6.77. The van der Waals surface area contributed by atoms with E-state index in [1.807, 2.05) is 22.9 Å². The van der Waals surface area contributed by atoms with Crippen LogP contribution in [0.2, 0.25) is 0 Å². The Bertz CT molecular complexity index is 709. The molecule has 1 aromatic carbocycles. The molecule has 128 valence electrons. The highest BCUT2D eigenvalue weighted by molar-refractivity contribution is 5.84. The van der Waals surface area contributed by atoms with Crippen molar-refractivity contribution in [2.75, 3.05) is 13.1 Å². The molecule has 2 aromatic rings. The summed E-state index contributed by atoms with van der Waals surface area (Å²) in [6.07, 6.45) is 1.60. The lowest BCUT2D eigenvalue weighted by molar-refractivity contribution is -0.129. The third kappa shape index (κ3) is 3.48. The highest BCUT2D eigenvalue weighted by Crippen LogP contribution is 2.27. The fraction of sp³-hybridized carbons (Fsp3) is 0.500. The summed E-state index contributed by atoms with van der Waals surface area (Å²) in [6, 6.07) is 7.81. The normalized spacial score (nSPS) is 18.8. The molecule has 1 fully saturated rings. The van der Waals surface area contributed by atoms with E-state index in [4.69, 9.17) is 0 Å². The van der Waals surface area contributed by atoms with E-state index in [-0.39, 0.29) is 11.9 Å². The van der Waals surface area contributed by atoms with Crippen LogP contribution in [0.25, 0.3) is 0 Å². The minimum atomic E-state index is -0.274. The standard InChI is InChI=1S/C18H25N5O/c1-13(2)10-23-16(20-12-21-23)11-22-9-8-19-18(24)17(22)15-7-5-4-6-14(15)3/h4-7,12-13,17H,8-11H2,1-3H3,(H,19,24)/t17-/m1/s1. The second kappa shape index (κ2) is 7.13. The SMILES string of the molecule is Cc1ccccc1[C@@H]1C(=O)NCCN1Cc1ncnn1CC(C)C. The van der Waals surface area contributed by atoms with E-state index < -0.39 is 0 Å². The van der Waals surface area contributed by atoms with E-state index in [0.29, 0.717) is 19.0 Å². The number of nitrogens with one attached hydrogen (secondary N) is 1. The number of amides is 1. The summed E-state index contributed by atoms with van der Waals surface area (Å²) in [5.74, 6) is 1.48. The lowest BCUT2D eigenvalue weighted by Gasteiger charge is -2.35. The molecule has 1 saturated heterocycles. The van der Waals surface area contributed by atoms with Gasteiger partial charge in [0.15, 0.2) is 0 Å². The molecule has 0 aliphatic carbocycles. The molecule has 1 atom stereocenters. The zero-order valence-corrected chi connectivity index (χ0v) is 14.6. The number of hydrogen-bond donors (Lipinski definition) is 1. The van der Waals surface area contributed by atoms with Gasteiger partial charge in [-0.2, -0.15) is 5.10 Å². The molecule has 1 amide bonds. The van der Waals surface area contributed by atoms with Crippen molar-refractivity contribution in [1.29, 1.82) is 0 Å². The number of carbonyl (C=O) groups excluding carboxylic acids is 1. The molecular formula is C18H25N5O. The topological polar surface area (TPSA) is 63.1 Å². The van der Waals surface area contributed by atoms with Crippen LogP contribution in [-0.2, 0) is 17.9 Å². The van der Waals surface area contributed by atoms with Crippen LogP contribution in [0.15, 0.2) is 30.6 Å². The summed E-state index contributed by atoms with van der Waals surface area (Å²) in [7, 11) is 0. The van der Waals surface area contributed by atoms with E-state index in [0.717, 1.165) is 30.0 Å². The zero-order valence-electron chi connectivity index (χ0n) is 14.6. The number of hydrogen-bond acceptors (Lipinski definition) is 4. The van der Waals surface area contributed by atoms with Crippen molar-refractivity contribution in [3.63, 3.8) is 0 Å². The molecule has 1 aliphatic rings. The van der Waals surface area contributed by atoms with Crippen LogP contribution >= 0.6 is 0 Å². The van der Waals surface area contributed by atoms with Gasteiger partial charge >= 0.3 is 0 Å². The van der Waals surface area contributed by atoms with Gasteiger partial charge in [0.25, 0.3) is 0 Å². The second-order valence-corrected chi connectivity index (χ2v) is 6.77. The smallest absolute Gasteiger partial charge is 0.242 e. The maximum absolute atomic E-state index is 12.6. The van der Waals surface area contributed by atoms with Crippen LogP contribution in [0.4, 0.5) is 0 Å². The molecule has 0 spiro atoms. The molecule has 1 aromatic heterocycles. The molecule has 24 heavy (non-hydrogen) atoms. The van der Waals surface area contributed by atoms with Crippen LogP contribution in [0.3, 0.4) is 0 Å². The number of aryl methyl sites for hydroxylation is 1. The van der Waals surface area contributed by atoms with Crippen LogP contribution in [0.1, 0.15) is 36.8 Å². The Balaban J connectivity index is 1.87. The number of piperazine rings is 1. The number of benzene rings is 1. The van der Waals surface area contributed by atoms with Crippen molar-refractivity contribution >= 4 is 5.91 Å². The van der Waals surface area contributed by atoms with Gasteiger partial charge in [-0.05, 0) is 24.0 Å². The molecule has 3 rings (SSSR count). The largest absolute Gasteiger partial charge is 0.353 e. The van der Waals surface area contributed by atoms with Gasteiger partial charge in [-0.3, -0.25) is 9.69 Å². The fourth-order valence-corrected chi connectivity index (χ4v) is 3.21. The third-order valence-corrected chi connectivity index (χ3v) is 4.37. The van der Waals surface area contributed by atoms with Crippen LogP contribution < -0.4 is 5.32 Å². The number of carbonyl (C=O) groups is 1. The van der Waals surface area contributed by atoms with Crippen LogP contribution in [0.5, 0.6) is 0 Å².